The van der Waals surface area contributed by atoms with Crippen LogP contribution in [0.25, 0.3) is 0 Å². The van der Waals surface area contributed by atoms with Crippen molar-refractivity contribution in [3.63, 3.8) is 0 Å². The molecule has 0 saturated heterocycles. The number of halogens is 1. The molecule has 2 heteroatoms. The SMILES string of the molecule is C[CH2][Ge]([I])([CH2]C)[CH2]C. The van der Waals surface area contributed by atoms with Gasteiger partial charge in [-0.1, -0.05) is 0 Å². The predicted octanol–water partition coefficient (Wildman–Crippen LogP) is 3.43. The Labute approximate surface area is 66.4 Å². The van der Waals surface area contributed by atoms with E-state index in [2.05, 4.69) is 41.0 Å². The monoisotopic (exact) mass is 288 g/mol. The van der Waals surface area contributed by atoms with Gasteiger partial charge in [0.25, 0.3) is 0 Å². The first-order chi connectivity index (χ1) is 3.68. The summed E-state index contributed by atoms with van der Waals surface area (Å²) in [6.07, 6.45) is 0. The zero-order valence-corrected chi connectivity index (χ0v) is 10.3. The van der Waals surface area contributed by atoms with Gasteiger partial charge in [0.15, 0.2) is 0 Å². The summed E-state index contributed by atoms with van der Waals surface area (Å²) in [6.45, 7) is 7.04. The predicted molar refractivity (Wildman–Crippen MR) is 51.2 cm³/mol. The van der Waals surface area contributed by atoms with Crippen LogP contribution in [0.3, 0.4) is 0 Å². The first kappa shape index (κ1) is 9.27. The van der Waals surface area contributed by atoms with Crippen molar-refractivity contribution in [1.82, 2.24) is 0 Å². The Hall–Kier alpha value is 1.27. The molecule has 0 spiro atoms. The first-order valence-electron chi connectivity index (χ1n) is 3.37. The summed E-state index contributed by atoms with van der Waals surface area (Å²) in [5, 5.41) is 4.48. The maximum atomic E-state index is 2.75. The summed E-state index contributed by atoms with van der Waals surface area (Å²) in [5.74, 6) is 0. The third-order valence-corrected chi connectivity index (χ3v) is 21.8. The topological polar surface area (TPSA) is 0 Å². The summed E-state index contributed by atoms with van der Waals surface area (Å²) < 4.78 is 0. The van der Waals surface area contributed by atoms with Gasteiger partial charge < -0.3 is 0 Å². The third kappa shape index (κ3) is 2.71. The third-order valence-electron chi connectivity index (χ3n) is 1.90. The van der Waals surface area contributed by atoms with Gasteiger partial charge in [-0.3, -0.25) is 0 Å². The molecule has 0 unspecified atom stereocenters. The summed E-state index contributed by atoms with van der Waals surface area (Å²) in [7, 11) is -1.16. The summed E-state index contributed by atoms with van der Waals surface area (Å²) in [4.78, 5) is 0. The Kier molecular flexibility index (Phi) is 4.81. The standard InChI is InChI=1S/C6H15GeI/c1-4-7(8,5-2)6-3/h4-6H2,1-3H3. The van der Waals surface area contributed by atoms with E-state index in [4.69, 9.17) is 0 Å². The van der Waals surface area contributed by atoms with Gasteiger partial charge in [-0.05, 0) is 0 Å². The van der Waals surface area contributed by atoms with Crippen LogP contribution in [-0.4, -0.2) is 9.96 Å². The van der Waals surface area contributed by atoms with Crippen molar-refractivity contribution in [3.8, 4) is 0 Å². The van der Waals surface area contributed by atoms with E-state index in [-0.39, 0.29) is 0 Å². The molecular weight excluding hydrogens is 272 g/mol. The van der Waals surface area contributed by atoms with E-state index < -0.39 is 9.96 Å². The van der Waals surface area contributed by atoms with Gasteiger partial charge >= 0.3 is 66.7 Å². The van der Waals surface area contributed by atoms with Gasteiger partial charge in [0.2, 0.25) is 0 Å². The molecule has 0 heterocycles. The molecule has 0 amide bonds. The molecule has 0 radical (unpaired) electrons. The molecule has 0 fully saturated rings. The minimum absolute atomic E-state index is 1.16. The number of hydrogen-bond acceptors (Lipinski definition) is 0. The van der Waals surface area contributed by atoms with Gasteiger partial charge in [0.1, 0.15) is 0 Å². The van der Waals surface area contributed by atoms with E-state index in [1.807, 2.05) is 0 Å². The molecule has 0 aliphatic rings. The zero-order valence-electron chi connectivity index (χ0n) is 6.00. The van der Waals surface area contributed by atoms with Crippen LogP contribution in [0.5, 0.6) is 0 Å². The van der Waals surface area contributed by atoms with Crippen molar-refractivity contribution in [2.75, 3.05) is 0 Å². The average Bonchev–Trinajstić information content (AvgIpc) is 1.87. The van der Waals surface area contributed by atoms with E-state index in [1.165, 1.54) is 15.8 Å². The van der Waals surface area contributed by atoms with E-state index in [1.54, 1.807) is 0 Å². The second kappa shape index (κ2) is 4.15. The molecule has 0 aromatic heterocycles. The zero-order chi connectivity index (χ0) is 6.62. The molecular formula is C6H15GeI. The van der Waals surface area contributed by atoms with E-state index in [0.717, 1.165) is 0 Å². The van der Waals surface area contributed by atoms with Crippen LogP contribution in [0.2, 0.25) is 15.8 Å². The van der Waals surface area contributed by atoms with Crippen molar-refractivity contribution >= 4 is 30.2 Å². The molecule has 0 aliphatic carbocycles. The quantitative estimate of drug-likeness (QED) is 0.551. The molecule has 0 nitrogen and oxygen atoms in total. The Morgan fingerprint density at radius 1 is 1.00 bits per heavy atom. The molecule has 0 aliphatic heterocycles. The van der Waals surface area contributed by atoms with Crippen molar-refractivity contribution < 1.29 is 0 Å². The molecule has 0 N–H and O–H groups in total. The Morgan fingerprint density at radius 3 is 1.25 bits per heavy atom. The molecule has 50 valence electrons. The van der Waals surface area contributed by atoms with E-state index in [0.29, 0.717) is 0 Å². The Morgan fingerprint density at radius 2 is 1.25 bits per heavy atom. The molecule has 8 heavy (non-hydrogen) atoms. The van der Waals surface area contributed by atoms with E-state index in [9.17, 15) is 0 Å². The average molecular weight is 287 g/mol. The van der Waals surface area contributed by atoms with Crippen LogP contribution in [0.4, 0.5) is 0 Å². The molecule has 0 aromatic rings. The van der Waals surface area contributed by atoms with E-state index >= 15 is 0 Å². The molecule has 0 saturated carbocycles. The Balaban J connectivity index is 3.58. The maximum absolute atomic E-state index is 2.75. The van der Waals surface area contributed by atoms with Gasteiger partial charge in [0.05, 0.1) is 0 Å². The normalized spacial score (nSPS) is 12.0. The number of rotatable bonds is 3. The second-order valence-electron chi connectivity index (χ2n) is 2.21. The van der Waals surface area contributed by atoms with Crippen molar-refractivity contribution in [3.05, 3.63) is 0 Å². The second-order valence-corrected chi connectivity index (χ2v) is 23.4. The molecule has 0 rings (SSSR count). The minimum atomic E-state index is -1.16. The van der Waals surface area contributed by atoms with Crippen molar-refractivity contribution in [2.24, 2.45) is 0 Å². The van der Waals surface area contributed by atoms with Crippen LogP contribution in [-0.2, 0) is 0 Å². The molecule has 0 bridgehead atoms. The Bertz CT molecular complexity index is 51.3. The van der Waals surface area contributed by atoms with Gasteiger partial charge in [-0.2, -0.15) is 0 Å². The fourth-order valence-electron chi connectivity index (χ4n) is 0.750. The molecule has 0 atom stereocenters. The summed E-state index contributed by atoms with van der Waals surface area (Å²) in [5.41, 5.74) is 0. The summed E-state index contributed by atoms with van der Waals surface area (Å²) >= 11 is 2.75. The first-order valence-corrected chi connectivity index (χ1v) is 14.2. The summed E-state index contributed by atoms with van der Waals surface area (Å²) in [6, 6.07) is 0. The van der Waals surface area contributed by atoms with Gasteiger partial charge in [0, 0.05) is 0 Å². The van der Waals surface area contributed by atoms with Crippen molar-refractivity contribution in [2.45, 2.75) is 36.5 Å². The van der Waals surface area contributed by atoms with Gasteiger partial charge in [-0.25, -0.2) is 0 Å². The van der Waals surface area contributed by atoms with Crippen LogP contribution in [0, 0.1) is 0 Å². The number of hydrogen-bond donors (Lipinski definition) is 0. The van der Waals surface area contributed by atoms with Gasteiger partial charge in [-0.15, -0.1) is 0 Å². The fraction of sp³-hybridized carbons (Fsp3) is 1.00. The van der Waals surface area contributed by atoms with Crippen molar-refractivity contribution in [1.29, 1.82) is 0 Å². The molecule has 0 aromatic carbocycles. The van der Waals surface area contributed by atoms with Crippen LogP contribution in [0.1, 0.15) is 20.8 Å². The van der Waals surface area contributed by atoms with Crippen LogP contribution >= 0.6 is 20.2 Å². The fourth-order valence-corrected chi connectivity index (χ4v) is 3.90. The van der Waals surface area contributed by atoms with Crippen LogP contribution in [0.15, 0.2) is 0 Å². The van der Waals surface area contributed by atoms with Crippen LogP contribution < -0.4 is 0 Å².